The molecule has 6 heteroatoms. The molecule has 118 valence electrons. The summed E-state index contributed by atoms with van der Waals surface area (Å²) < 4.78 is 1.19. The highest BCUT2D eigenvalue weighted by Gasteiger charge is 2.32. The van der Waals surface area contributed by atoms with E-state index in [1.807, 2.05) is 41.5 Å². The molecule has 1 aromatic rings. The third-order valence-electron chi connectivity index (χ3n) is 2.94. The maximum Gasteiger partial charge on any atom is 0.245 e. The first-order chi connectivity index (χ1) is 9.40. The molecule has 0 aromatic carbocycles. The van der Waals surface area contributed by atoms with E-state index in [-0.39, 0.29) is 23.3 Å². The van der Waals surface area contributed by atoms with Crippen LogP contribution in [0.3, 0.4) is 0 Å². The van der Waals surface area contributed by atoms with Crippen molar-refractivity contribution in [1.82, 2.24) is 20.3 Å². The molecule has 0 amide bonds. The van der Waals surface area contributed by atoms with Crippen molar-refractivity contribution >= 4 is 11.7 Å². The van der Waals surface area contributed by atoms with Gasteiger partial charge in [-0.15, -0.1) is 5.10 Å². The Morgan fingerprint density at radius 1 is 1.24 bits per heavy atom. The van der Waals surface area contributed by atoms with Gasteiger partial charge in [-0.2, -0.15) is 4.68 Å². The van der Waals surface area contributed by atoms with Gasteiger partial charge in [-0.1, -0.05) is 26.0 Å². The topological polar surface area (TPSA) is 76.9 Å². The zero-order valence-electron chi connectivity index (χ0n) is 14.0. The molecule has 1 atom stereocenters. The van der Waals surface area contributed by atoms with E-state index in [1.165, 1.54) is 11.6 Å². The lowest BCUT2D eigenvalue weighted by Gasteiger charge is -2.31. The minimum atomic E-state index is -0.445. The zero-order valence-corrected chi connectivity index (χ0v) is 14.0. The van der Waals surface area contributed by atoms with E-state index in [0.717, 1.165) is 0 Å². The number of nitrogens with one attached hydrogen (secondary N) is 1. The maximum absolute atomic E-state index is 12.6. The first-order valence-electron chi connectivity index (χ1n) is 7.14. The van der Waals surface area contributed by atoms with Gasteiger partial charge in [0.15, 0.2) is 5.78 Å². The lowest BCUT2D eigenvalue weighted by molar-refractivity contribution is -0.128. The van der Waals surface area contributed by atoms with Crippen LogP contribution in [0.4, 0.5) is 0 Å². The fourth-order valence-electron chi connectivity index (χ4n) is 2.01. The number of hydrogen-bond acceptors (Lipinski definition) is 5. The van der Waals surface area contributed by atoms with Gasteiger partial charge in [-0.3, -0.25) is 9.59 Å². The van der Waals surface area contributed by atoms with Crippen molar-refractivity contribution in [1.29, 1.82) is 0 Å². The minimum Gasteiger partial charge on any atom is -0.302 e. The number of nitrogens with zero attached hydrogens (tertiary/aromatic N) is 3. The number of ketones is 1. The third kappa shape index (κ3) is 5.38. The van der Waals surface area contributed by atoms with Gasteiger partial charge in [0.25, 0.3) is 0 Å². The van der Waals surface area contributed by atoms with Crippen LogP contribution in [0.1, 0.15) is 59.0 Å². The summed E-state index contributed by atoms with van der Waals surface area (Å²) in [5, 5.41) is 11.1. The Hall–Kier alpha value is -1.56. The summed E-state index contributed by atoms with van der Waals surface area (Å²) in [5.74, 6) is -0.0778. The van der Waals surface area contributed by atoms with E-state index >= 15 is 0 Å². The van der Waals surface area contributed by atoms with Gasteiger partial charge < -0.3 is 5.32 Å². The quantitative estimate of drug-likeness (QED) is 0.917. The Kier molecular flexibility index (Phi) is 5.04. The molecule has 0 aliphatic heterocycles. The maximum atomic E-state index is 12.6. The van der Waals surface area contributed by atoms with Crippen molar-refractivity contribution in [2.24, 2.45) is 5.41 Å². The summed E-state index contributed by atoms with van der Waals surface area (Å²) in [7, 11) is 0. The largest absolute Gasteiger partial charge is 0.302 e. The van der Waals surface area contributed by atoms with E-state index in [4.69, 9.17) is 0 Å². The molecule has 0 aliphatic rings. The molecule has 0 saturated carbocycles. The van der Waals surface area contributed by atoms with Crippen molar-refractivity contribution in [3.63, 3.8) is 0 Å². The lowest BCUT2D eigenvalue weighted by Crippen LogP contribution is -2.51. The molecule has 0 radical (unpaired) electrons. The van der Waals surface area contributed by atoms with Crippen LogP contribution in [0, 0.1) is 5.41 Å². The van der Waals surface area contributed by atoms with Gasteiger partial charge in [-0.05, 0) is 20.8 Å². The molecule has 0 saturated heterocycles. The molecule has 6 nitrogen and oxygen atoms in total. The average Bonchev–Trinajstić information content (AvgIpc) is 2.72. The number of aromatic nitrogens is 3. The lowest BCUT2D eigenvalue weighted by atomic mass is 9.84. The highest BCUT2D eigenvalue weighted by Crippen LogP contribution is 2.20. The Morgan fingerprint density at radius 3 is 2.19 bits per heavy atom. The van der Waals surface area contributed by atoms with E-state index in [9.17, 15) is 9.59 Å². The van der Waals surface area contributed by atoms with Crippen molar-refractivity contribution in [3.05, 3.63) is 11.9 Å². The van der Waals surface area contributed by atoms with Crippen molar-refractivity contribution in [2.75, 3.05) is 0 Å². The Labute approximate surface area is 126 Å². The normalized spacial score (nSPS) is 14.0. The third-order valence-corrected chi connectivity index (χ3v) is 2.94. The van der Waals surface area contributed by atoms with Crippen LogP contribution in [0.5, 0.6) is 0 Å². The molecule has 1 unspecified atom stereocenters. The average molecular weight is 294 g/mol. The molecule has 1 heterocycles. The second-order valence-electron chi connectivity index (χ2n) is 7.44. The Morgan fingerprint density at radius 2 is 1.81 bits per heavy atom. The zero-order chi connectivity index (χ0) is 16.4. The molecule has 1 rings (SSSR count). The number of carbonyl (C=O) groups excluding carboxylic acids is 2. The standard InChI is InChI=1S/C15H26N4O2/c1-10(20)19-9-11(17-18-19)8-12(16-15(5,6)7)13(21)14(2,3)4/h9,12,16H,8H2,1-7H3. The summed E-state index contributed by atoms with van der Waals surface area (Å²) in [6, 6.07) is -0.359. The van der Waals surface area contributed by atoms with Crippen molar-refractivity contribution in [3.8, 4) is 0 Å². The molecular weight excluding hydrogens is 268 g/mol. The second-order valence-corrected chi connectivity index (χ2v) is 7.44. The van der Waals surface area contributed by atoms with Crippen molar-refractivity contribution < 1.29 is 9.59 Å². The second kappa shape index (κ2) is 6.05. The molecule has 1 aromatic heterocycles. The summed E-state index contributed by atoms with van der Waals surface area (Å²) >= 11 is 0. The van der Waals surface area contributed by atoms with Gasteiger partial charge in [0.05, 0.1) is 17.9 Å². The number of rotatable bonds is 4. The molecule has 0 bridgehead atoms. The smallest absolute Gasteiger partial charge is 0.245 e. The SMILES string of the molecule is CC(=O)n1cc(CC(NC(C)(C)C)C(=O)C(C)(C)C)nn1. The van der Waals surface area contributed by atoms with Gasteiger partial charge in [0.2, 0.25) is 5.91 Å². The fourth-order valence-corrected chi connectivity index (χ4v) is 2.01. The summed E-state index contributed by atoms with van der Waals surface area (Å²) in [4.78, 5) is 23.8. The van der Waals surface area contributed by atoms with Gasteiger partial charge >= 0.3 is 0 Å². The summed E-state index contributed by atoms with van der Waals surface area (Å²) in [5.41, 5.74) is -0.00806. The minimum absolute atomic E-state index is 0.120. The van der Waals surface area contributed by atoms with Gasteiger partial charge in [0.1, 0.15) is 0 Å². The van der Waals surface area contributed by atoms with Crippen LogP contribution in [-0.4, -0.2) is 38.3 Å². The van der Waals surface area contributed by atoms with Crippen LogP contribution in [0.15, 0.2) is 6.20 Å². The Bertz CT molecular complexity index is 521. The first kappa shape index (κ1) is 17.5. The van der Waals surface area contributed by atoms with Crippen LogP contribution in [-0.2, 0) is 11.2 Å². The van der Waals surface area contributed by atoms with Gasteiger partial charge in [-0.25, -0.2) is 0 Å². The molecule has 0 fully saturated rings. The highest BCUT2D eigenvalue weighted by molar-refractivity contribution is 5.89. The molecule has 0 spiro atoms. The summed E-state index contributed by atoms with van der Waals surface area (Å²) in [6.07, 6.45) is 2.00. The first-order valence-corrected chi connectivity index (χ1v) is 7.14. The van der Waals surface area contributed by atoms with Crippen LogP contribution in [0.2, 0.25) is 0 Å². The van der Waals surface area contributed by atoms with E-state index in [2.05, 4.69) is 15.6 Å². The molecular formula is C15H26N4O2. The van der Waals surface area contributed by atoms with Crippen LogP contribution < -0.4 is 5.32 Å². The van der Waals surface area contributed by atoms with E-state index in [0.29, 0.717) is 12.1 Å². The Balaban J connectivity index is 2.96. The predicted molar refractivity (Wildman–Crippen MR) is 81.2 cm³/mol. The number of carbonyl (C=O) groups is 2. The molecule has 0 aliphatic carbocycles. The number of Topliss-reactive ketones (excluding diaryl/α,β-unsaturated/α-hetero) is 1. The molecule has 21 heavy (non-hydrogen) atoms. The van der Waals surface area contributed by atoms with Crippen LogP contribution >= 0.6 is 0 Å². The van der Waals surface area contributed by atoms with Gasteiger partial charge in [0, 0.05) is 24.3 Å². The monoisotopic (exact) mass is 294 g/mol. The summed E-state index contributed by atoms with van der Waals surface area (Å²) in [6.45, 7) is 13.2. The van der Waals surface area contributed by atoms with E-state index < -0.39 is 5.41 Å². The predicted octanol–water partition coefficient (Wildman–Crippen LogP) is 1.85. The molecule has 1 N–H and O–H groups in total. The highest BCUT2D eigenvalue weighted by atomic mass is 16.2. The van der Waals surface area contributed by atoms with Crippen LogP contribution in [0.25, 0.3) is 0 Å². The fraction of sp³-hybridized carbons (Fsp3) is 0.733. The van der Waals surface area contributed by atoms with E-state index in [1.54, 1.807) is 6.20 Å². The number of hydrogen-bond donors (Lipinski definition) is 1. The van der Waals surface area contributed by atoms with Crippen molar-refractivity contribution in [2.45, 2.75) is 66.5 Å².